The van der Waals surface area contributed by atoms with Gasteiger partial charge in [-0.1, -0.05) is 60.7 Å². The Balaban J connectivity index is 0.928. The van der Waals surface area contributed by atoms with Crippen LogP contribution in [0, 0.1) is 0 Å². The molecule has 0 unspecified atom stereocenters. The monoisotopic (exact) mass is 652 g/mol. The molecule has 2 aliphatic carbocycles. The van der Waals surface area contributed by atoms with Crippen molar-refractivity contribution in [3.05, 3.63) is 191 Å². The molecule has 0 bridgehead atoms. The van der Waals surface area contributed by atoms with Crippen molar-refractivity contribution in [1.82, 2.24) is 0 Å². The fourth-order valence-corrected chi connectivity index (χ4v) is 7.03. The number of ketones is 2. The van der Waals surface area contributed by atoms with Crippen LogP contribution < -0.4 is 19.3 Å². The minimum atomic E-state index is -0.101. The van der Waals surface area contributed by atoms with Crippen LogP contribution in [0.3, 0.4) is 0 Å². The molecule has 2 aliphatic heterocycles. The minimum absolute atomic E-state index is 0.101. The molecular weight excluding hydrogens is 620 g/mol. The number of anilines is 4. The van der Waals surface area contributed by atoms with Crippen molar-refractivity contribution in [2.75, 3.05) is 9.80 Å². The summed E-state index contributed by atoms with van der Waals surface area (Å²) >= 11 is 0. The van der Waals surface area contributed by atoms with Crippen LogP contribution in [0.4, 0.5) is 22.7 Å². The molecule has 0 aromatic heterocycles. The van der Waals surface area contributed by atoms with Gasteiger partial charge in [0.25, 0.3) is 0 Å². The zero-order valence-electron chi connectivity index (χ0n) is 27.2. The first kappa shape index (κ1) is 29.7. The highest BCUT2D eigenvalue weighted by Crippen LogP contribution is 2.46. The van der Waals surface area contributed by atoms with Crippen molar-refractivity contribution in [1.29, 1.82) is 0 Å². The maximum absolute atomic E-state index is 13.5. The van der Waals surface area contributed by atoms with Gasteiger partial charge in [-0.2, -0.15) is 0 Å². The molecular formula is C44H32N2O4. The zero-order valence-corrected chi connectivity index (χ0v) is 27.2. The van der Waals surface area contributed by atoms with Gasteiger partial charge >= 0.3 is 0 Å². The summed E-state index contributed by atoms with van der Waals surface area (Å²) in [6.07, 6.45) is 12.1. The Hall–Kier alpha value is -6.40. The lowest BCUT2D eigenvalue weighted by atomic mass is 9.98. The quantitative estimate of drug-likeness (QED) is 0.170. The largest absolute Gasteiger partial charge is 0.457 e. The maximum atomic E-state index is 13.5. The van der Waals surface area contributed by atoms with Crippen molar-refractivity contribution in [3.8, 4) is 11.5 Å². The van der Waals surface area contributed by atoms with Crippen LogP contribution in [0.5, 0.6) is 11.5 Å². The molecule has 6 nitrogen and oxygen atoms in total. The number of ether oxygens (including phenoxy) is 2. The van der Waals surface area contributed by atoms with Crippen molar-refractivity contribution in [2.45, 2.75) is 25.7 Å². The average Bonchev–Trinajstić information content (AvgIpc) is 3.18. The number of rotatable bonds is 6. The second-order valence-corrected chi connectivity index (χ2v) is 12.6. The first-order valence-corrected chi connectivity index (χ1v) is 17.0. The predicted molar refractivity (Wildman–Crippen MR) is 195 cm³/mol. The summed E-state index contributed by atoms with van der Waals surface area (Å²) in [4.78, 5) is 31.4. The first-order chi connectivity index (χ1) is 24.6. The molecule has 0 saturated heterocycles. The van der Waals surface area contributed by atoms with Crippen LogP contribution in [0.2, 0.25) is 0 Å². The number of allylic oxidation sites excluding steroid dienone is 6. The predicted octanol–water partition coefficient (Wildman–Crippen LogP) is 10.3. The van der Waals surface area contributed by atoms with E-state index in [2.05, 4.69) is 34.1 Å². The molecule has 0 radical (unpaired) electrons. The second-order valence-electron chi connectivity index (χ2n) is 12.6. The van der Waals surface area contributed by atoms with E-state index < -0.39 is 0 Å². The fraction of sp³-hybridized carbons (Fsp3) is 0.0909. The Morgan fingerprint density at radius 2 is 0.820 bits per heavy atom. The van der Waals surface area contributed by atoms with Gasteiger partial charge < -0.3 is 19.3 Å². The van der Waals surface area contributed by atoms with E-state index in [9.17, 15) is 9.59 Å². The Bertz CT molecular complexity index is 2130. The SMILES string of the molecule is O=C(c1ccc(C(=O)c2ccc(N3C4=C(CCC=C4)Oc4ccccc43)cc2)cc1)c1ccc(N2C3=C(CCC=C3)Oc3ccccc32)cc1. The van der Waals surface area contributed by atoms with Gasteiger partial charge in [0.2, 0.25) is 0 Å². The molecule has 4 aliphatic rings. The van der Waals surface area contributed by atoms with E-state index in [1.807, 2.05) is 97.1 Å². The lowest BCUT2D eigenvalue weighted by molar-refractivity contribution is 0.102. The van der Waals surface area contributed by atoms with E-state index in [-0.39, 0.29) is 11.6 Å². The van der Waals surface area contributed by atoms with Crippen LogP contribution in [0.15, 0.2) is 169 Å². The molecule has 242 valence electrons. The van der Waals surface area contributed by atoms with Crippen molar-refractivity contribution in [3.63, 3.8) is 0 Å². The number of para-hydroxylation sites is 4. The second kappa shape index (κ2) is 12.2. The van der Waals surface area contributed by atoms with Crippen molar-refractivity contribution >= 4 is 34.3 Å². The molecule has 0 fully saturated rings. The van der Waals surface area contributed by atoms with Crippen LogP contribution in [0.1, 0.15) is 57.5 Å². The first-order valence-electron chi connectivity index (χ1n) is 17.0. The Labute approximate surface area is 290 Å². The third kappa shape index (κ3) is 5.13. The number of hydrogen-bond donors (Lipinski definition) is 0. The summed E-state index contributed by atoms with van der Waals surface area (Å²) in [6, 6.07) is 38.3. The van der Waals surface area contributed by atoms with E-state index in [1.165, 1.54) is 0 Å². The molecule has 5 aromatic carbocycles. The van der Waals surface area contributed by atoms with Gasteiger partial charge in [-0.05, 0) is 97.8 Å². The number of fused-ring (bicyclic) bond motifs is 2. The molecule has 0 spiro atoms. The summed E-state index contributed by atoms with van der Waals surface area (Å²) in [5.74, 6) is 3.35. The van der Waals surface area contributed by atoms with Gasteiger partial charge in [0.05, 0.1) is 22.8 Å². The Morgan fingerprint density at radius 3 is 1.22 bits per heavy atom. The minimum Gasteiger partial charge on any atom is -0.457 e. The van der Waals surface area contributed by atoms with Crippen molar-refractivity contribution < 1.29 is 19.1 Å². The number of nitrogens with zero attached hydrogens (tertiary/aromatic N) is 2. The third-order valence-corrected chi connectivity index (χ3v) is 9.54. The van der Waals surface area contributed by atoms with Gasteiger partial charge in [0.1, 0.15) is 11.5 Å². The zero-order chi connectivity index (χ0) is 33.6. The molecule has 6 heteroatoms. The summed E-state index contributed by atoms with van der Waals surface area (Å²) in [5.41, 5.74) is 8.07. The lowest BCUT2D eigenvalue weighted by Gasteiger charge is -2.35. The average molecular weight is 653 g/mol. The van der Waals surface area contributed by atoms with Gasteiger partial charge in [0.15, 0.2) is 23.1 Å². The van der Waals surface area contributed by atoms with E-state index >= 15 is 0 Å². The molecule has 9 rings (SSSR count). The Morgan fingerprint density at radius 1 is 0.460 bits per heavy atom. The molecule has 0 N–H and O–H groups in total. The standard InChI is InChI=1S/C44H32N2O4/c47-43(31-21-25-33(26-22-31)45-35-9-1-5-13-39(35)49-40-14-6-2-10-36(40)45)29-17-19-30(20-18-29)44(48)32-23-27-34(28-24-32)46-37-11-3-7-15-41(37)50-42-16-8-4-12-38(42)46/h1-5,7,9-13,15,17-28H,6,8,14,16H2. The van der Waals surface area contributed by atoms with Crippen LogP contribution >= 0.6 is 0 Å². The van der Waals surface area contributed by atoms with Gasteiger partial charge in [-0.3, -0.25) is 9.59 Å². The number of carbonyl (C=O) groups excluding carboxylic acids is 2. The topological polar surface area (TPSA) is 59.1 Å². The normalized spacial score (nSPS) is 15.8. The van der Waals surface area contributed by atoms with E-state index in [0.29, 0.717) is 22.3 Å². The smallest absolute Gasteiger partial charge is 0.193 e. The van der Waals surface area contributed by atoms with Crippen molar-refractivity contribution in [2.24, 2.45) is 0 Å². The summed E-state index contributed by atoms with van der Waals surface area (Å²) in [6.45, 7) is 0. The van der Waals surface area contributed by atoms with Gasteiger partial charge in [-0.25, -0.2) is 0 Å². The number of hydrogen-bond acceptors (Lipinski definition) is 6. The highest BCUT2D eigenvalue weighted by Gasteiger charge is 2.29. The fourth-order valence-electron chi connectivity index (χ4n) is 7.03. The van der Waals surface area contributed by atoms with Crippen LogP contribution in [-0.4, -0.2) is 11.6 Å². The summed E-state index contributed by atoms with van der Waals surface area (Å²) in [5, 5.41) is 0. The highest BCUT2D eigenvalue weighted by atomic mass is 16.5. The number of benzene rings is 5. The molecule has 0 atom stereocenters. The van der Waals surface area contributed by atoms with E-state index in [0.717, 1.165) is 82.8 Å². The highest BCUT2D eigenvalue weighted by molar-refractivity contribution is 6.12. The summed E-state index contributed by atoms with van der Waals surface area (Å²) in [7, 11) is 0. The third-order valence-electron chi connectivity index (χ3n) is 9.54. The molecule has 2 heterocycles. The molecule has 50 heavy (non-hydrogen) atoms. The molecule has 0 saturated carbocycles. The molecule has 0 amide bonds. The van der Waals surface area contributed by atoms with Crippen LogP contribution in [-0.2, 0) is 0 Å². The molecule has 5 aromatic rings. The maximum Gasteiger partial charge on any atom is 0.193 e. The lowest BCUT2D eigenvalue weighted by Crippen LogP contribution is -2.24. The summed E-state index contributed by atoms with van der Waals surface area (Å²) < 4.78 is 12.4. The Kier molecular flexibility index (Phi) is 7.28. The van der Waals surface area contributed by atoms with E-state index in [1.54, 1.807) is 24.3 Å². The number of carbonyl (C=O) groups is 2. The van der Waals surface area contributed by atoms with Gasteiger partial charge in [-0.15, -0.1) is 0 Å². The van der Waals surface area contributed by atoms with E-state index in [4.69, 9.17) is 9.47 Å². The van der Waals surface area contributed by atoms with Crippen LogP contribution in [0.25, 0.3) is 0 Å². The van der Waals surface area contributed by atoms with Gasteiger partial charge in [0, 0.05) is 46.5 Å².